The molecule has 0 amide bonds. The van der Waals surface area contributed by atoms with Gasteiger partial charge in [0.05, 0.1) is 4.45 Å². The molecule has 0 heterocycles. The molecule has 16 heavy (non-hydrogen) atoms. The number of benzene rings is 1. The maximum atomic E-state index is 3.75. The summed E-state index contributed by atoms with van der Waals surface area (Å²) in [4.78, 5) is 2.18. The second-order valence-electron chi connectivity index (χ2n) is 4.28. The first-order chi connectivity index (χ1) is 7.62. The summed E-state index contributed by atoms with van der Waals surface area (Å²) in [5, 5.41) is 0. The number of nitrogens with zero attached hydrogens (tertiary/aromatic N) is 1. The van der Waals surface area contributed by atoms with Crippen molar-refractivity contribution in [3.8, 4) is 0 Å². The van der Waals surface area contributed by atoms with Crippen LogP contribution in [0.4, 0.5) is 0 Å². The van der Waals surface area contributed by atoms with Crippen molar-refractivity contribution in [3.63, 3.8) is 0 Å². The van der Waals surface area contributed by atoms with Gasteiger partial charge in [0.15, 0.2) is 0 Å². The van der Waals surface area contributed by atoms with Gasteiger partial charge < -0.3 is 0 Å². The topological polar surface area (TPSA) is 3.24 Å². The van der Waals surface area contributed by atoms with Crippen molar-refractivity contribution in [3.05, 3.63) is 54.1 Å². The van der Waals surface area contributed by atoms with Crippen LogP contribution in [0.5, 0.6) is 0 Å². The van der Waals surface area contributed by atoms with Crippen LogP contribution in [0.2, 0.25) is 0 Å². The standard InChI is InChI=1S/C14H16BrN/c1-16(2)14(15)10-8-13(9-11-14)12-6-4-3-5-7-12/h3-10H,11H2,1-2H3. The summed E-state index contributed by atoms with van der Waals surface area (Å²) in [6, 6.07) is 10.5. The van der Waals surface area contributed by atoms with Crippen molar-refractivity contribution in [1.29, 1.82) is 0 Å². The Morgan fingerprint density at radius 2 is 1.88 bits per heavy atom. The van der Waals surface area contributed by atoms with Crippen LogP contribution in [0.1, 0.15) is 12.0 Å². The van der Waals surface area contributed by atoms with Gasteiger partial charge in [-0.05, 0) is 31.7 Å². The molecule has 0 radical (unpaired) electrons. The smallest absolute Gasteiger partial charge is 0.0985 e. The molecule has 1 nitrogen and oxygen atoms in total. The van der Waals surface area contributed by atoms with E-state index >= 15 is 0 Å². The zero-order valence-electron chi connectivity index (χ0n) is 9.65. The van der Waals surface area contributed by atoms with Gasteiger partial charge >= 0.3 is 0 Å². The predicted molar refractivity (Wildman–Crippen MR) is 73.5 cm³/mol. The van der Waals surface area contributed by atoms with E-state index in [1.165, 1.54) is 11.1 Å². The molecule has 1 aliphatic carbocycles. The Morgan fingerprint density at radius 3 is 2.38 bits per heavy atom. The minimum atomic E-state index is -0.0225. The summed E-state index contributed by atoms with van der Waals surface area (Å²) in [7, 11) is 4.17. The highest BCUT2D eigenvalue weighted by atomic mass is 79.9. The van der Waals surface area contributed by atoms with Crippen LogP contribution in [0.15, 0.2) is 48.6 Å². The van der Waals surface area contributed by atoms with Crippen molar-refractivity contribution in [2.45, 2.75) is 10.9 Å². The van der Waals surface area contributed by atoms with Crippen LogP contribution in [-0.2, 0) is 0 Å². The van der Waals surface area contributed by atoms with E-state index in [0.29, 0.717) is 0 Å². The van der Waals surface area contributed by atoms with E-state index in [0.717, 1.165) is 6.42 Å². The Morgan fingerprint density at radius 1 is 1.19 bits per heavy atom. The normalized spacial score (nSPS) is 24.6. The van der Waals surface area contributed by atoms with Crippen LogP contribution in [-0.4, -0.2) is 23.4 Å². The highest BCUT2D eigenvalue weighted by Gasteiger charge is 2.27. The molecule has 1 aliphatic rings. The van der Waals surface area contributed by atoms with Crippen molar-refractivity contribution < 1.29 is 0 Å². The van der Waals surface area contributed by atoms with E-state index < -0.39 is 0 Å². The highest BCUT2D eigenvalue weighted by molar-refractivity contribution is 9.10. The minimum Gasteiger partial charge on any atom is -0.291 e. The fraction of sp³-hybridized carbons (Fsp3) is 0.286. The van der Waals surface area contributed by atoms with Gasteiger partial charge in [-0.3, -0.25) is 4.90 Å². The van der Waals surface area contributed by atoms with E-state index in [1.54, 1.807) is 0 Å². The molecule has 0 bridgehead atoms. The first-order valence-corrected chi connectivity index (χ1v) is 6.22. The largest absolute Gasteiger partial charge is 0.291 e. The maximum absolute atomic E-state index is 3.75. The van der Waals surface area contributed by atoms with Crippen molar-refractivity contribution >= 4 is 21.5 Å². The van der Waals surface area contributed by atoms with Gasteiger partial charge in [-0.1, -0.05) is 64.5 Å². The molecule has 0 aromatic heterocycles. The molecule has 0 spiro atoms. The Labute approximate surface area is 106 Å². The summed E-state index contributed by atoms with van der Waals surface area (Å²) in [5.41, 5.74) is 2.59. The molecule has 0 saturated carbocycles. The van der Waals surface area contributed by atoms with E-state index in [-0.39, 0.29) is 4.45 Å². The Balaban J connectivity index is 2.20. The molecule has 1 aromatic rings. The van der Waals surface area contributed by atoms with Gasteiger partial charge in [-0.2, -0.15) is 0 Å². The second-order valence-corrected chi connectivity index (χ2v) is 5.65. The molecule has 0 N–H and O–H groups in total. The van der Waals surface area contributed by atoms with E-state index in [4.69, 9.17) is 0 Å². The number of rotatable bonds is 2. The summed E-state index contributed by atoms with van der Waals surface area (Å²) in [5.74, 6) is 0. The average Bonchev–Trinajstić information content (AvgIpc) is 2.31. The Bertz CT molecular complexity index is 420. The third kappa shape index (κ3) is 2.28. The first kappa shape index (κ1) is 11.6. The van der Waals surface area contributed by atoms with Gasteiger partial charge in [0.25, 0.3) is 0 Å². The fourth-order valence-electron chi connectivity index (χ4n) is 1.78. The number of allylic oxidation sites excluding steroid dienone is 2. The zero-order chi connectivity index (χ0) is 11.6. The van der Waals surface area contributed by atoms with Crippen LogP contribution >= 0.6 is 15.9 Å². The molecule has 1 aromatic carbocycles. The highest BCUT2D eigenvalue weighted by Crippen LogP contribution is 2.34. The molecule has 0 fully saturated rings. The summed E-state index contributed by atoms with van der Waals surface area (Å²) >= 11 is 3.75. The third-order valence-electron chi connectivity index (χ3n) is 2.98. The molecule has 2 rings (SSSR count). The summed E-state index contributed by atoms with van der Waals surface area (Å²) < 4.78 is -0.0225. The molecule has 0 aliphatic heterocycles. The maximum Gasteiger partial charge on any atom is 0.0985 e. The van der Waals surface area contributed by atoms with Gasteiger partial charge in [-0.15, -0.1) is 0 Å². The molecular formula is C14H16BrN. The second kappa shape index (κ2) is 4.56. The average molecular weight is 278 g/mol. The first-order valence-electron chi connectivity index (χ1n) is 5.43. The lowest BCUT2D eigenvalue weighted by molar-refractivity contribution is 0.317. The zero-order valence-corrected chi connectivity index (χ0v) is 11.2. The van der Waals surface area contributed by atoms with Gasteiger partial charge in [0, 0.05) is 0 Å². The van der Waals surface area contributed by atoms with E-state index in [1.807, 2.05) is 6.07 Å². The summed E-state index contributed by atoms with van der Waals surface area (Å²) in [6.45, 7) is 0. The van der Waals surface area contributed by atoms with Crippen LogP contribution < -0.4 is 0 Å². The number of halogens is 1. The van der Waals surface area contributed by atoms with E-state index in [9.17, 15) is 0 Å². The van der Waals surface area contributed by atoms with Crippen molar-refractivity contribution in [2.24, 2.45) is 0 Å². The predicted octanol–water partition coefficient (Wildman–Crippen LogP) is 3.68. The molecule has 0 saturated heterocycles. The van der Waals surface area contributed by atoms with E-state index in [2.05, 4.69) is 77.4 Å². The fourth-order valence-corrected chi connectivity index (χ4v) is 2.08. The van der Waals surface area contributed by atoms with Crippen molar-refractivity contribution in [2.75, 3.05) is 14.1 Å². The lowest BCUT2D eigenvalue weighted by Crippen LogP contribution is -2.36. The molecule has 84 valence electrons. The number of likely N-dealkylation sites (N-methyl/N-ethyl adjacent to an activating group) is 1. The number of alkyl halides is 1. The molecule has 2 heteroatoms. The Hall–Kier alpha value is -0.860. The number of hydrogen-bond acceptors (Lipinski definition) is 1. The summed E-state index contributed by atoms with van der Waals surface area (Å²) in [6.07, 6.45) is 7.67. The van der Waals surface area contributed by atoms with Gasteiger partial charge in [-0.25, -0.2) is 0 Å². The third-order valence-corrected chi connectivity index (χ3v) is 4.27. The van der Waals surface area contributed by atoms with Gasteiger partial charge in [0.1, 0.15) is 0 Å². The molecular weight excluding hydrogens is 262 g/mol. The van der Waals surface area contributed by atoms with Crippen LogP contribution in [0, 0.1) is 0 Å². The Kier molecular flexibility index (Phi) is 3.31. The number of hydrogen-bond donors (Lipinski definition) is 0. The SMILES string of the molecule is CN(C)C1(Br)C=CC(c2ccccc2)=CC1. The lowest BCUT2D eigenvalue weighted by Gasteiger charge is -2.33. The monoisotopic (exact) mass is 277 g/mol. The van der Waals surface area contributed by atoms with Crippen LogP contribution in [0.25, 0.3) is 5.57 Å². The molecule has 1 unspecified atom stereocenters. The lowest BCUT2D eigenvalue weighted by atomic mass is 9.97. The quantitative estimate of drug-likeness (QED) is 0.589. The molecule has 1 atom stereocenters. The van der Waals surface area contributed by atoms with Crippen LogP contribution in [0.3, 0.4) is 0 Å². The minimum absolute atomic E-state index is 0.0225. The van der Waals surface area contributed by atoms with Crippen molar-refractivity contribution in [1.82, 2.24) is 4.90 Å². The van der Waals surface area contributed by atoms with Gasteiger partial charge in [0.2, 0.25) is 0 Å².